The van der Waals surface area contributed by atoms with Crippen LogP contribution in [0.3, 0.4) is 0 Å². The van der Waals surface area contributed by atoms with Crippen molar-refractivity contribution in [3.63, 3.8) is 0 Å². The Balaban J connectivity index is 2.97. The van der Waals surface area contributed by atoms with E-state index in [2.05, 4.69) is 14.7 Å². The summed E-state index contributed by atoms with van der Waals surface area (Å²) in [6.07, 6.45) is -14.3. The summed E-state index contributed by atoms with van der Waals surface area (Å²) >= 11 is 0. The molecule has 1 rings (SSSR count). The summed E-state index contributed by atoms with van der Waals surface area (Å²) in [7, 11) is 0. The molecule has 0 atom stereocenters. The first-order valence-corrected chi connectivity index (χ1v) is 4.24. The first kappa shape index (κ1) is 14.3. The predicted molar refractivity (Wildman–Crippen MR) is 46.4 cm³/mol. The zero-order chi connectivity index (χ0) is 14.0. The first-order chi connectivity index (χ1) is 8.14. The molecular weight excluding hydrogens is 270 g/mol. The summed E-state index contributed by atoms with van der Waals surface area (Å²) < 4.78 is 76.7. The SMILES string of the molecule is NNc1nccc(OC(C(F)(F)F)C(F)(F)F)n1. The maximum Gasteiger partial charge on any atom is 0.434 e. The molecular formula is C7H6F6N4O. The number of aromatic nitrogens is 2. The lowest BCUT2D eigenvalue weighted by molar-refractivity contribution is -0.300. The molecule has 1 aromatic heterocycles. The van der Waals surface area contributed by atoms with Gasteiger partial charge >= 0.3 is 12.4 Å². The Morgan fingerprint density at radius 3 is 2.17 bits per heavy atom. The van der Waals surface area contributed by atoms with Crippen LogP contribution >= 0.6 is 0 Å². The van der Waals surface area contributed by atoms with Gasteiger partial charge in [-0.05, 0) is 0 Å². The van der Waals surface area contributed by atoms with Gasteiger partial charge in [-0.3, -0.25) is 5.43 Å². The Kier molecular flexibility index (Phi) is 3.84. The summed E-state index contributed by atoms with van der Waals surface area (Å²) in [5.74, 6) is 3.56. The van der Waals surface area contributed by atoms with Crippen LogP contribution in [0, 0.1) is 0 Å². The fourth-order valence-corrected chi connectivity index (χ4v) is 0.917. The monoisotopic (exact) mass is 276 g/mol. The third kappa shape index (κ3) is 3.61. The molecule has 0 aliphatic rings. The minimum absolute atomic E-state index is 0.379. The molecule has 102 valence electrons. The highest BCUT2D eigenvalue weighted by Crippen LogP contribution is 2.36. The van der Waals surface area contributed by atoms with Gasteiger partial charge in [-0.25, -0.2) is 10.8 Å². The second kappa shape index (κ2) is 4.84. The largest absolute Gasteiger partial charge is 0.455 e. The molecule has 0 fully saturated rings. The lowest BCUT2D eigenvalue weighted by Crippen LogP contribution is -2.46. The van der Waals surface area contributed by atoms with Crippen LogP contribution in [-0.4, -0.2) is 28.4 Å². The molecule has 5 nitrogen and oxygen atoms in total. The molecule has 0 saturated carbocycles. The minimum Gasteiger partial charge on any atom is -0.455 e. The normalized spacial score (nSPS) is 12.7. The highest BCUT2D eigenvalue weighted by molar-refractivity contribution is 5.25. The summed E-state index contributed by atoms with van der Waals surface area (Å²) in [5, 5.41) is 0. The van der Waals surface area contributed by atoms with Crippen LogP contribution in [0.5, 0.6) is 5.88 Å². The van der Waals surface area contributed by atoms with Crippen LogP contribution < -0.4 is 16.0 Å². The number of rotatable bonds is 3. The Bertz CT molecular complexity index is 392. The van der Waals surface area contributed by atoms with Gasteiger partial charge in [0.1, 0.15) is 0 Å². The second-order valence-electron chi connectivity index (χ2n) is 2.94. The van der Waals surface area contributed by atoms with Gasteiger partial charge in [0, 0.05) is 12.3 Å². The van der Waals surface area contributed by atoms with E-state index in [0.29, 0.717) is 0 Å². The molecule has 0 unspecified atom stereocenters. The van der Waals surface area contributed by atoms with Crippen LogP contribution in [0.1, 0.15) is 0 Å². The molecule has 0 amide bonds. The number of nitrogen functional groups attached to an aromatic ring is 1. The molecule has 0 aromatic carbocycles. The van der Waals surface area contributed by atoms with Gasteiger partial charge in [-0.1, -0.05) is 0 Å². The van der Waals surface area contributed by atoms with E-state index in [1.807, 2.05) is 5.43 Å². The van der Waals surface area contributed by atoms with Crippen LogP contribution in [-0.2, 0) is 0 Å². The van der Waals surface area contributed by atoms with Gasteiger partial charge in [0.15, 0.2) is 0 Å². The van der Waals surface area contributed by atoms with Crippen molar-refractivity contribution in [2.75, 3.05) is 5.43 Å². The number of anilines is 1. The van der Waals surface area contributed by atoms with E-state index in [9.17, 15) is 26.3 Å². The third-order valence-electron chi connectivity index (χ3n) is 1.59. The summed E-state index contributed by atoms with van der Waals surface area (Å²) in [6.45, 7) is 0. The number of halogens is 6. The van der Waals surface area contributed by atoms with Crippen molar-refractivity contribution in [1.29, 1.82) is 0 Å². The van der Waals surface area contributed by atoms with Gasteiger partial charge in [0.25, 0.3) is 6.10 Å². The molecule has 11 heteroatoms. The highest BCUT2D eigenvalue weighted by Gasteiger charge is 2.59. The zero-order valence-corrected chi connectivity index (χ0v) is 8.38. The van der Waals surface area contributed by atoms with Crippen molar-refractivity contribution in [3.05, 3.63) is 12.3 Å². The number of ether oxygens (including phenoxy) is 1. The van der Waals surface area contributed by atoms with Crippen LogP contribution in [0.4, 0.5) is 32.3 Å². The van der Waals surface area contributed by atoms with E-state index in [4.69, 9.17) is 5.84 Å². The Hall–Kier alpha value is -1.78. The van der Waals surface area contributed by atoms with E-state index in [-0.39, 0.29) is 5.95 Å². The van der Waals surface area contributed by atoms with Crippen LogP contribution in [0.25, 0.3) is 0 Å². The lowest BCUT2D eigenvalue weighted by Gasteiger charge is -2.23. The van der Waals surface area contributed by atoms with E-state index < -0.39 is 24.3 Å². The molecule has 0 radical (unpaired) electrons. The van der Waals surface area contributed by atoms with Crippen molar-refractivity contribution in [2.45, 2.75) is 18.5 Å². The van der Waals surface area contributed by atoms with E-state index >= 15 is 0 Å². The summed E-state index contributed by atoms with van der Waals surface area (Å²) in [4.78, 5) is 6.59. The van der Waals surface area contributed by atoms with Crippen LogP contribution in [0.15, 0.2) is 12.3 Å². The maximum atomic E-state index is 12.2. The van der Waals surface area contributed by atoms with Crippen molar-refractivity contribution in [1.82, 2.24) is 9.97 Å². The first-order valence-electron chi connectivity index (χ1n) is 4.24. The molecule has 0 aliphatic heterocycles. The average Bonchev–Trinajstić information content (AvgIpc) is 2.23. The quantitative estimate of drug-likeness (QED) is 0.498. The molecule has 0 bridgehead atoms. The Labute approximate surface area is 95.9 Å². The zero-order valence-electron chi connectivity index (χ0n) is 8.38. The Morgan fingerprint density at radius 1 is 1.17 bits per heavy atom. The summed E-state index contributed by atoms with van der Waals surface area (Å²) in [6, 6.07) is 0.741. The van der Waals surface area contributed by atoms with Crippen molar-refractivity contribution in [2.24, 2.45) is 5.84 Å². The van der Waals surface area contributed by atoms with Gasteiger partial charge in [0.2, 0.25) is 11.8 Å². The average molecular weight is 276 g/mol. The van der Waals surface area contributed by atoms with Crippen molar-refractivity contribution >= 4 is 5.95 Å². The van der Waals surface area contributed by atoms with E-state index in [0.717, 1.165) is 12.3 Å². The number of nitrogens with one attached hydrogen (secondary N) is 1. The molecule has 3 N–H and O–H groups in total. The molecule has 0 saturated heterocycles. The number of alkyl halides is 6. The van der Waals surface area contributed by atoms with Gasteiger partial charge < -0.3 is 4.74 Å². The standard InChI is InChI=1S/C7H6F6N4O/c8-6(9,10)4(7(11,12)13)18-3-1-2-15-5(16-3)17-14/h1-2,4H,14H2,(H,15,16,17). The predicted octanol–water partition coefficient (Wildman–Crippen LogP) is 1.63. The van der Waals surface area contributed by atoms with Gasteiger partial charge in [0.05, 0.1) is 0 Å². The van der Waals surface area contributed by atoms with Crippen LogP contribution in [0.2, 0.25) is 0 Å². The van der Waals surface area contributed by atoms with E-state index in [1.165, 1.54) is 0 Å². The number of nitrogens with two attached hydrogens (primary N) is 1. The molecule has 18 heavy (non-hydrogen) atoms. The van der Waals surface area contributed by atoms with Gasteiger partial charge in [-0.15, -0.1) is 0 Å². The number of hydrazine groups is 1. The second-order valence-corrected chi connectivity index (χ2v) is 2.94. The third-order valence-corrected chi connectivity index (χ3v) is 1.59. The van der Waals surface area contributed by atoms with E-state index in [1.54, 1.807) is 0 Å². The fraction of sp³-hybridized carbons (Fsp3) is 0.429. The fourth-order valence-electron chi connectivity index (χ4n) is 0.917. The molecule has 1 aromatic rings. The number of nitrogens with zero attached hydrogens (tertiary/aromatic N) is 2. The summed E-state index contributed by atoms with van der Waals surface area (Å²) in [5.41, 5.74) is 1.85. The van der Waals surface area contributed by atoms with Gasteiger partial charge in [-0.2, -0.15) is 31.3 Å². The molecule has 1 heterocycles. The smallest absolute Gasteiger partial charge is 0.434 e. The lowest BCUT2D eigenvalue weighted by atomic mass is 10.3. The number of hydrogen-bond acceptors (Lipinski definition) is 5. The van der Waals surface area contributed by atoms with Crippen molar-refractivity contribution < 1.29 is 31.1 Å². The molecule has 0 spiro atoms. The maximum absolute atomic E-state index is 12.2. The topological polar surface area (TPSA) is 73.1 Å². The Morgan fingerprint density at radius 2 is 1.72 bits per heavy atom. The molecule has 0 aliphatic carbocycles. The van der Waals surface area contributed by atoms with Crippen molar-refractivity contribution in [3.8, 4) is 5.88 Å². The minimum atomic E-state index is -5.61. The highest BCUT2D eigenvalue weighted by atomic mass is 19.4. The number of hydrogen-bond donors (Lipinski definition) is 2.